The van der Waals surface area contributed by atoms with Crippen molar-refractivity contribution in [3.05, 3.63) is 23.8 Å². The molecule has 1 fully saturated rings. The lowest BCUT2D eigenvalue weighted by Gasteiger charge is -2.16. The zero-order valence-corrected chi connectivity index (χ0v) is 11.1. The van der Waals surface area contributed by atoms with Crippen LogP contribution < -0.4 is 11.1 Å². The third-order valence-electron chi connectivity index (χ3n) is 4.09. The zero-order valence-electron chi connectivity index (χ0n) is 11.1. The van der Waals surface area contributed by atoms with Gasteiger partial charge in [-0.2, -0.15) is 0 Å². The fraction of sp³-hybridized carbons (Fsp3) is 0.467. The van der Waals surface area contributed by atoms with Crippen LogP contribution in [0.1, 0.15) is 44.1 Å². The minimum absolute atomic E-state index is 0.00531. The number of hydrogen-bond donors (Lipinski definition) is 2. The van der Waals surface area contributed by atoms with Gasteiger partial charge in [0.1, 0.15) is 0 Å². The normalized spacial score (nSPS) is 23.5. The van der Waals surface area contributed by atoms with E-state index in [4.69, 9.17) is 5.73 Å². The Hall–Kier alpha value is -1.84. The molecule has 19 heavy (non-hydrogen) atoms. The van der Waals surface area contributed by atoms with Gasteiger partial charge in [0.25, 0.3) is 0 Å². The van der Waals surface area contributed by atoms with Crippen LogP contribution in [0.15, 0.2) is 23.2 Å². The van der Waals surface area contributed by atoms with Gasteiger partial charge in [0.2, 0.25) is 5.91 Å². The van der Waals surface area contributed by atoms with Crippen molar-refractivity contribution in [1.29, 1.82) is 0 Å². The second-order valence-electron chi connectivity index (χ2n) is 5.54. The summed E-state index contributed by atoms with van der Waals surface area (Å²) in [6.07, 6.45) is 4.79. The number of fused-ring (bicyclic) bond motifs is 1. The zero-order chi connectivity index (χ0) is 13.4. The fourth-order valence-corrected chi connectivity index (χ4v) is 3.30. The number of nitrogens with one attached hydrogen (secondary N) is 1. The van der Waals surface area contributed by atoms with Crippen LogP contribution in [0, 0.1) is 5.92 Å². The van der Waals surface area contributed by atoms with Crippen molar-refractivity contribution in [1.82, 2.24) is 0 Å². The molecule has 1 unspecified atom stereocenters. The lowest BCUT2D eigenvalue weighted by Crippen LogP contribution is -2.18. The van der Waals surface area contributed by atoms with E-state index in [-0.39, 0.29) is 11.8 Å². The average Bonchev–Trinajstić information content (AvgIpc) is 2.94. The molecule has 1 heterocycles. The SMILES string of the molecule is CC(N)=Nc1ccc2c(c1)C(C1CCCC1)C(=O)N2. The molecule has 1 aliphatic carbocycles. The summed E-state index contributed by atoms with van der Waals surface area (Å²) >= 11 is 0. The van der Waals surface area contributed by atoms with Crippen LogP contribution in [-0.4, -0.2) is 11.7 Å². The molecule has 1 aliphatic heterocycles. The van der Waals surface area contributed by atoms with Crippen LogP contribution in [0.25, 0.3) is 0 Å². The van der Waals surface area contributed by atoms with Crippen molar-refractivity contribution >= 4 is 23.1 Å². The van der Waals surface area contributed by atoms with Gasteiger partial charge in [-0.25, -0.2) is 4.99 Å². The highest BCUT2D eigenvalue weighted by atomic mass is 16.2. The van der Waals surface area contributed by atoms with E-state index in [1.807, 2.05) is 18.2 Å². The van der Waals surface area contributed by atoms with Crippen molar-refractivity contribution in [2.75, 3.05) is 5.32 Å². The molecular weight excluding hydrogens is 238 g/mol. The monoisotopic (exact) mass is 257 g/mol. The molecule has 4 nitrogen and oxygen atoms in total. The van der Waals surface area contributed by atoms with Crippen LogP contribution in [0.2, 0.25) is 0 Å². The molecule has 100 valence electrons. The molecule has 1 amide bonds. The van der Waals surface area contributed by atoms with E-state index >= 15 is 0 Å². The molecule has 4 heteroatoms. The molecule has 0 radical (unpaired) electrons. The first kappa shape index (κ1) is 12.2. The van der Waals surface area contributed by atoms with Crippen molar-refractivity contribution in [2.45, 2.75) is 38.5 Å². The Morgan fingerprint density at radius 1 is 1.37 bits per heavy atom. The van der Waals surface area contributed by atoms with Gasteiger partial charge >= 0.3 is 0 Å². The summed E-state index contributed by atoms with van der Waals surface area (Å²) in [5.41, 5.74) is 8.49. The lowest BCUT2D eigenvalue weighted by molar-refractivity contribution is -0.118. The van der Waals surface area contributed by atoms with Gasteiger partial charge in [-0.3, -0.25) is 4.79 Å². The summed E-state index contributed by atoms with van der Waals surface area (Å²) in [6.45, 7) is 1.77. The Morgan fingerprint density at radius 3 is 2.79 bits per heavy atom. The Bertz CT molecular complexity index is 540. The highest BCUT2D eigenvalue weighted by molar-refractivity contribution is 6.03. The molecule has 0 saturated heterocycles. The number of rotatable bonds is 2. The highest BCUT2D eigenvalue weighted by Crippen LogP contribution is 2.45. The van der Waals surface area contributed by atoms with Crippen LogP contribution >= 0.6 is 0 Å². The summed E-state index contributed by atoms with van der Waals surface area (Å²) in [4.78, 5) is 16.5. The standard InChI is InChI=1S/C15H19N3O/c1-9(16)17-11-6-7-13-12(8-11)14(15(19)18-13)10-4-2-3-5-10/h6-8,10,14H,2-5H2,1H3,(H2,16,17)(H,18,19). The number of anilines is 1. The Labute approximate surface area is 113 Å². The Kier molecular flexibility index (Phi) is 3.01. The van der Waals surface area contributed by atoms with Gasteiger partial charge < -0.3 is 11.1 Å². The summed E-state index contributed by atoms with van der Waals surface area (Å²) in [7, 11) is 0. The van der Waals surface area contributed by atoms with Crippen LogP contribution in [-0.2, 0) is 4.79 Å². The summed E-state index contributed by atoms with van der Waals surface area (Å²) in [6, 6.07) is 5.84. The second-order valence-corrected chi connectivity index (χ2v) is 5.54. The molecule has 1 aromatic carbocycles. The largest absolute Gasteiger partial charge is 0.387 e. The van der Waals surface area contributed by atoms with E-state index in [9.17, 15) is 4.79 Å². The molecule has 0 aromatic heterocycles. The van der Waals surface area contributed by atoms with Crippen LogP contribution in [0.5, 0.6) is 0 Å². The topological polar surface area (TPSA) is 67.5 Å². The first-order chi connectivity index (χ1) is 9.15. The van der Waals surface area contributed by atoms with Crippen LogP contribution in [0.4, 0.5) is 11.4 Å². The predicted octanol–water partition coefficient (Wildman–Crippen LogP) is 2.92. The van der Waals surface area contributed by atoms with Gasteiger partial charge in [-0.1, -0.05) is 12.8 Å². The maximum Gasteiger partial charge on any atom is 0.232 e. The van der Waals surface area contributed by atoms with E-state index < -0.39 is 0 Å². The number of nitrogens with zero attached hydrogens (tertiary/aromatic N) is 1. The molecule has 3 N–H and O–H groups in total. The number of hydrogen-bond acceptors (Lipinski definition) is 2. The highest BCUT2D eigenvalue weighted by Gasteiger charge is 2.37. The number of nitrogens with two attached hydrogens (primary N) is 1. The van der Waals surface area contributed by atoms with E-state index in [1.165, 1.54) is 12.8 Å². The number of amides is 1. The molecule has 1 atom stereocenters. The summed E-state index contributed by atoms with van der Waals surface area (Å²) in [5.74, 6) is 1.17. The predicted molar refractivity (Wildman–Crippen MR) is 76.7 cm³/mol. The molecule has 2 aliphatic rings. The molecule has 0 spiro atoms. The number of amidine groups is 1. The summed E-state index contributed by atoms with van der Waals surface area (Å²) in [5, 5.41) is 2.99. The average molecular weight is 257 g/mol. The number of benzene rings is 1. The first-order valence-electron chi connectivity index (χ1n) is 6.91. The van der Waals surface area contributed by atoms with Crippen molar-refractivity contribution in [3.63, 3.8) is 0 Å². The summed E-state index contributed by atoms with van der Waals surface area (Å²) < 4.78 is 0. The van der Waals surface area contributed by atoms with Gasteiger partial charge in [0, 0.05) is 5.69 Å². The minimum atomic E-state index is 0.00531. The third kappa shape index (κ3) is 2.23. The molecule has 1 saturated carbocycles. The maximum absolute atomic E-state index is 12.2. The minimum Gasteiger partial charge on any atom is -0.387 e. The van der Waals surface area contributed by atoms with Gasteiger partial charge in [-0.05, 0) is 49.4 Å². The van der Waals surface area contributed by atoms with Gasteiger partial charge in [0.15, 0.2) is 0 Å². The van der Waals surface area contributed by atoms with E-state index in [0.29, 0.717) is 11.8 Å². The van der Waals surface area contributed by atoms with Gasteiger partial charge in [-0.15, -0.1) is 0 Å². The smallest absolute Gasteiger partial charge is 0.232 e. The van der Waals surface area contributed by atoms with E-state index in [2.05, 4.69) is 10.3 Å². The van der Waals surface area contributed by atoms with E-state index in [1.54, 1.807) is 6.92 Å². The molecule has 1 aromatic rings. The molecular formula is C15H19N3O. The second kappa shape index (κ2) is 4.68. The van der Waals surface area contributed by atoms with Crippen LogP contribution in [0.3, 0.4) is 0 Å². The number of carbonyl (C=O) groups excluding carboxylic acids is 1. The van der Waals surface area contributed by atoms with Crippen molar-refractivity contribution in [2.24, 2.45) is 16.6 Å². The number of aliphatic imine (C=N–C) groups is 1. The first-order valence-corrected chi connectivity index (χ1v) is 6.91. The van der Waals surface area contributed by atoms with E-state index in [0.717, 1.165) is 29.8 Å². The van der Waals surface area contributed by atoms with Crippen molar-refractivity contribution in [3.8, 4) is 0 Å². The third-order valence-corrected chi connectivity index (χ3v) is 4.09. The lowest BCUT2D eigenvalue weighted by atomic mass is 9.86. The fourth-order valence-electron chi connectivity index (χ4n) is 3.30. The molecule has 0 bridgehead atoms. The quantitative estimate of drug-likeness (QED) is 0.632. The van der Waals surface area contributed by atoms with Gasteiger partial charge in [0.05, 0.1) is 17.4 Å². The Balaban J connectivity index is 1.98. The van der Waals surface area contributed by atoms with Crippen molar-refractivity contribution < 1.29 is 4.79 Å². The number of carbonyl (C=O) groups is 1. The maximum atomic E-state index is 12.2. The Morgan fingerprint density at radius 2 is 2.11 bits per heavy atom. The molecule has 3 rings (SSSR count).